The highest BCUT2D eigenvalue weighted by Crippen LogP contribution is 2.10. The minimum absolute atomic E-state index is 0. The smallest absolute Gasteiger partial charge is 0.191 e. The van der Waals surface area contributed by atoms with Crippen LogP contribution in [0.5, 0.6) is 0 Å². The summed E-state index contributed by atoms with van der Waals surface area (Å²) in [6.45, 7) is 6.96. The fraction of sp³-hybridized carbons (Fsp3) is 0.435. The van der Waals surface area contributed by atoms with Crippen LogP contribution in [0.2, 0.25) is 0 Å². The van der Waals surface area contributed by atoms with Gasteiger partial charge in [-0.2, -0.15) is 0 Å². The quantitative estimate of drug-likeness (QED) is 0.280. The summed E-state index contributed by atoms with van der Waals surface area (Å²) in [5.74, 6) is 1.59. The maximum Gasteiger partial charge on any atom is 0.191 e. The Kier molecular flexibility index (Phi) is 9.24. The van der Waals surface area contributed by atoms with Crippen LogP contribution in [0.4, 0.5) is 0 Å². The van der Waals surface area contributed by atoms with Crippen molar-refractivity contribution in [3.05, 3.63) is 65.6 Å². The van der Waals surface area contributed by atoms with Gasteiger partial charge in [-0.25, -0.2) is 0 Å². The van der Waals surface area contributed by atoms with Crippen molar-refractivity contribution in [1.82, 2.24) is 35.0 Å². The van der Waals surface area contributed by atoms with Gasteiger partial charge >= 0.3 is 0 Å². The van der Waals surface area contributed by atoms with Gasteiger partial charge < -0.3 is 15.5 Å². The van der Waals surface area contributed by atoms with Gasteiger partial charge in [0.25, 0.3) is 0 Å². The minimum Gasteiger partial charge on any atom is -0.352 e. The van der Waals surface area contributed by atoms with Crippen molar-refractivity contribution in [2.45, 2.75) is 26.1 Å². The van der Waals surface area contributed by atoms with Crippen LogP contribution in [0.25, 0.3) is 5.65 Å². The number of aliphatic imine (C=N–C) groups is 1. The van der Waals surface area contributed by atoms with E-state index in [0.717, 1.165) is 43.6 Å². The fourth-order valence-electron chi connectivity index (χ4n) is 3.86. The van der Waals surface area contributed by atoms with Crippen LogP contribution in [0.3, 0.4) is 0 Å². The molecule has 3 aromatic rings. The van der Waals surface area contributed by atoms with Gasteiger partial charge in [-0.3, -0.25) is 14.3 Å². The molecule has 0 aliphatic carbocycles. The Bertz CT molecular complexity index is 1000. The first kappa shape index (κ1) is 24.4. The number of benzene rings is 1. The highest BCUT2D eigenvalue weighted by Gasteiger charge is 2.12. The molecule has 172 valence electrons. The summed E-state index contributed by atoms with van der Waals surface area (Å²) >= 11 is 0. The highest BCUT2D eigenvalue weighted by molar-refractivity contribution is 14.0. The topological polar surface area (TPSA) is 73.1 Å². The molecule has 0 atom stereocenters. The largest absolute Gasteiger partial charge is 0.352 e. The van der Waals surface area contributed by atoms with Crippen molar-refractivity contribution in [1.29, 1.82) is 0 Å². The van der Waals surface area contributed by atoms with E-state index in [0.29, 0.717) is 6.54 Å². The summed E-state index contributed by atoms with van der Waals surface area (Å²) < 4.78 is 1.97. The lowest BCUT2D eigenvalue weighted by molar-refractivity contribution is 0.269. The average Bonchev–Trinajstić information content (AvgIpc) is 3.10. The van der Waals surface area contributed by atoms with Crippen molar-refractivity contribution in [3.63, 3.8) is 0 Å². The molecule has 0 amide bonds. The summed E-state index contributed by atoms with van der Waals surface area (Å²) in [4.78, 5) is 9.29. The maximum atomic E-state index is 4.32. The second-order valence-electron chi connectivity index (χ2n) is 8.07. The molecular weight excluding hydrogens is 515 g/mol. The third-order valence-corrected chi connectivity index (χ3v) is 5.72. The third-order valence-electron chi connectivity index (χ3n) is 5.72. The third kappa shape index (κ3) is 6.63. The predicted molar refractivity (Wildman–Crippen MR) is 139 cm³/mol. The van der Waals surface area contributed by atoms with Crippen molar-refractivity contribution in [2.75, 3.05) is 40.3 Å². The second-order valence-corrected chi connectivity index (χ2v) is 8.07. The number of hydrogen-bond donors (Lipinski definition) is 2. The van der Waals surface area contributed by atoms with Crippen molar-refractivity contribution < 1.29 is 0 Å². The Labute approximate surface area is 207 Å². The molecule has 0 unspecified atom stereocenters. The number of rotatable bonds is 6. The molecule has 2 aromatic heterocycles. The molecule has 9 heteroatoms. The number of likely N-dealkylation sites (N-methyl/N-ethyl adjacent to an activating group) is 1. The van der Waals surface area contributed by atoms with Gasteiger partial charge in [0, 0.05) is 39.4 Å². The molecule has 0 spiro atoms. The monoisotopic (exact) mass is 548 g/mol. The summed E-state index contributed by atoms with van der Waals surface area (Å²) in [5.41, 5.74) is 3.44. The van der Waals surface area contributed by atoms with E-state index in [1.54, 1.807) is 7.05 Å². The van der Waals surface area contributed by atoms with E-state index < -0.39 is 0 Å². The zero-order valence-corrected chi connectivity index (χ0v) is 21.2. The molecule has 1 saturated heterocycles. The number of halogens is 1. The Morgan fingerprint density at radius 2 is 1.72 bits per heavy atom. The van der Waals surface area contributed by atoms with Gasteiger partial charge in [0.1, 0.15) is 0 Å². The second kappa shape index (κ2) is 12.1. The molecule has 1 fully saturated rings. The highest BCUT2D eigenvalue weighted by atomic mass is 127. The van der Waals surface area contributed by atoms with Crippen molar-refractivity contribution in [2.24, 2.45) is 4.99 Å². The lowest BCUT2D eigenvalue weighted by Gasteiger charge is -2.20. The molecular formula is C23H33IN8. The summed E-state index contributed by atoms with van der Waals surface area (Å²) in [6.07, 6.45) is 3.21. The van der Waals surface area contributed by atoms with Crippen LogP contribution in [0, 0.1) is 0 Å². The van der Waals surface area contributed by atoms with Gasteiger partial charge in [0.15, 0.2) is 17.4 Å². The molecule has 3 heterocycles. The zero-order chi connectivity index (χ0) is 21.5. The fourth-order valence-corrected chi connectivity index (χ4v) is 3.86. The molecule has 8 nitrogen and oxygen atoms in total. The van der Waals surface area contributed by atoms with E-state index in [9.17, 15) is 0 Å². The van der Waals surface area contributed by atoms with E-state index in [1.165, 1.54) is 30.6 Å². The number of aromatic nitrogens is 3. The Morgan fingerprint density at radius 3 is 2.53 bits per heavy atom. The van der Waals surface area contributed by atoms with Crippen LogP contribution in [-0.2, 0) is 19.6 Å². The van der Waals surface area contributed by atoms with Crippen LogP contribution < -0.4 is 10.6 Å². The van der Waals surface area contributed by atoms with Crippen molar-refractivity contribution in [3.8, 4) is 0 Å². The molecule has 32 heavy (non-hydrogen) atoms. The van der Waals surface area contributed by atoms with Gasteiger partial charge in [-0.1, -0.05) is 30.3 Å². The average molecular weight is 548 g/mol. The summed E-state index contributed by atoms with van der Waals surface area (Å²) in [6, 6.07) is 14.8. The number of guanidine groups is 1. The number of hydrogen-bond acceptors (Lipinski definition) is 5. The van der Waals surface area contributed by atoms with E-state index >= 15 is 0 Å². The van der Waals surface area contributed by atoms with Gasteiger partial charge in [-0.05, 0) is 49.8 Å². The molecule has 1 aliphatic heterocycles. The van der Waals surface area contributed by atoms with Crippen molar-refractivity contribution >= 4 is 35.6 Å². The van der Waals surface area contributed by atoms with Crippen LogP contribution in [0.1, 0.15) is 23.4 Å². The first-order valence-electron chi connectivity index (χ1n) is 10.9. The summed E-state index contributed by atoms with van der Waals surface area (Å²) in [7, 11) is 3.99. The number of nitrogens with zero attached hydrogens (tertiary/aromatic N) is 6. The van der Waals surface area contributed by atoms with E-state index in [1.807, 2.05) is 28.8 Å². The van der Waals surface area contributed by atoms with Gasteiger partial charge in [0.05, 0.1) is 6.54 Å². The standard InChI is InChI=1S/C23H32N8.HI/c1-24-23(26-17-22-28-27-21-6-3-4-13-31(21)22)25-16-19-7-9-20(10-8-19)18-30-12-5-11-29(2)14-15-30;/h3-4,6-10,13H,5,11-12,14-18H2,1-2H3,(H2,24,25,26);1H. The Balaban J connectivity index is 0.00000289. The van der Waals surface area contributed by atoms with E-state index in [4.69, 9.17) is 0 Å². The number of fused-ring (bicyclic) bond motifs is 1. The first-order chi connectivity index (χ1) is 15.2. The minimum atomic E-state index is 0. The van der Waals surface area contributed by atoms with E-state index in [-0.39, 0.29) is 24.0 Å². The van der Waals surface area contributed by atoms with Crippen LogP contribution >= 0.6 is 24.0 Å². The van der Waals surface area contributed by atoms with Gasteiger partial charge in [-0.15, -0.1) is 34.2 Å². The summed E-state index contributed by atoms with van der Waals surface area (Å²) in [5, 5.41) is 15.1. The van der Waals surface area contributed by atoms with Crippen LogP contribution in [0.15, 0.2) is 53.7 Å². The normalized spacial score (nSPS) is 15.9. The molecule has 1 aromatic carbocycles. The number of nitrogens with one attached hydrogen (secondary N) is 2. The Hall–Kier alpha value is -2.24. The Morgan fingerprint density at radius 1 is 0.938 bits per heavy atom. The molecule has 1 aliphatic rings. The molecule has 0 radical (unpaired) electrons. The van der Waals surface area contributed by atoms with Gasteiger partial charge in [0.2, 0.25) is 0 Å². The molecule has 0 saturated carbocycles. The lowest BCUT2D eigenvalue weighted by atomic mass is 10.1. The molecule has 4 rings (SSSR count). The van der Waals surface area contributed by atoms with Crippen LogP contribution in [-0.4, -0.2) is 70.6 Å². The SMILES string of the molecule is CN=C(NCc1ccc(CN2CCCN(C)CC2)cc1)NCc1nnc2ccccn12.I. The number of pyridine rings is 1. The molecule has 2 N–H and O–H groups in total. The lowest BCUT2D eigenvalue weighted by Crippen LogP contribution is -2.36. The predicted octanol–water partition coefficient (Wildman–Crippen LogP) is 2.35. The maximum absolute atomic E-state index is 4.32. The zero-order valence-electron chi connectivity index (χ0n) is 18.9. The first-order valence-corrected chi connectivity index (χ1v) is 10.9. The van der Waals surface area contributed by atoms with E-state index in [2.05, 4.69) is 66.9 Å². The molecule has 0 bridgehead atoms.